The van der Waals surface area contributed by atoms with Crippen molar-refractivity contribution < 1.29 is 4.39 Å². The third-order valence-corrected chi connectivity index (χ3v) is 5.23. The van der Waals surface area contributed by atoms with Gasteiger partial charge in [0, 0.05) is 21.4 Å². The Labute approximate surface area is 130 Å². The summed E-state index contributed by atoms with van der Waals surface area (Å²) in [6.07, 6.45) is 3.77. The van der Waals surface area contributed by atoms with Crippen molar-refractivity contribution in [1.82, 2.24) is 5.32 Å². The molecule has 1 aromatic carbocycles. The predicted octanol–water partition coefficient (Wildman–Crippen LogP) is 5.31. The summed E-state index contributed by atoms with van der Waals surface area (Å²) in [7, 11) is 0. The summed E-state index contributed by atoms with van der Waals surface area (Å²) in [5.74, 6) is 0.642. The van der Waals surface area contributed by atoms with Crippen LogP contribution in [0, 0.1) is 18.7 Å². The van der Waals surface area contributed by atoms with Crippen molar-refractivity contribution in [2.45, 2.75) is 39.2 Å². The molecule has 0 amide bonds. The first-order valence-corrected chi connectivity index (χ1v) is 8.60. The van der Waals surface area contributed by atoms with Gasteiger partial charge in [-0.25, -0.2) is 4.39 Å². The van der Waals surface area contributed by atoms with Crippen LogP contribution in [0.5, 0.6) is 0 Å². The highest BCUT2D eigenvalue weighted by Gasteiger charge is 2.32. The largest absolute Gasteiger partial charge is 0.309 e. The molecule has 1 aromatic heterocycles. The van der Waals surface area contributed by atoms with Gasteiger partial charge in [-0.3, -0.25) is 0 Å². The lowest BCUT2D eigenvalue weighted by atomic mass is 10.1. The van der Waals surface area contributed by atoms with E-state index in [1.54, 1.807) is 17.4 Å². The van der Waals surface area contributed by atoms with Crippen LogP contribution in [0.3, 0.4) is 0 Å². The lowest BCUT2D eigenvalue weighted by Crippen LogP contribution is -2.22. The average Bonchev–Trinajstić information content (AvgIpc) is 3.19. The average molecular weight is 303 g/mol. The molecule has 0 saturated heterocycles. The van der Waals surface area contributed by atoms with Crippen LogP contribution in [0.25, 0.3) is 10.4 Å². The van der Waals surface area contributed by atoms with E-state index < -0.39 is 0 Å². The van der Waals surface area contributed by atoms with Crippen molar-refractivity contribution >= 4 is 11.3 Å². The Morgan fingerprint density at radius 3 is 2.81 bits per heavy atom. The van der Waals surface area contributed by atoms with Crippen LogP contribution in [-0.4, -0.2) is 6.54 Å². The Morgan fingerprint density at radius 2 is 2.10 bits per heavy atom. The topological polar surface area (TPSA) is 12.0 Å². The van der Waals surface area contributed by atoms with Crippen molar-refractivity contribution in [3.63, 3.8) is 0 Å². The minimum atomic E-state index is -0.126. The first-order valence-electron chi connectivity index (χ1n) is 7.78. The number of thiophene rings is 1. The molecule has 0 aliphatic heterocycles. The zero-order chi connectivity index (χ0) is 14.8. The molecule has 3 heteroatoms. The van der Waals surface area contributed by atoms with Gasteiger partial charge < -0.3 is 5.32 Å². The second kappa shape index (κ2) is 6.29. The number of hydrogen-bond acceptors (Lipinski definition) is 2. The second-order valence-electron chi connectivity index (χ2n) is 5.95. The summed E-state index contributed by atoms with van der Waals surface area (Å²) in [4.78, 5) is 2.39. The molecule has 1 fully saturated rings. The standard InChI is InChI=1S/C18H22FNS/c1-3-10-20-18(13-5-6-13)17-9-8-16(21-17)14-11-12(2)4-7-15(14)19/h4,7-9,11,13,18,20H,3,5-6,10H2,1-2H3. The van der Waals surface area contributed by atoms with Crippen LogP contribution in [0.4, 0.5) is 4.39 Å². The van der Waals surface area contributed by atoms with E-state index in [9.17, 15) is 4.39 Å². The Kier molecular flexibility index (Phi) is 4.41. The summed E-state index contributed by atoms with van der Waals surface area (Å²) < 4.78 is 14.0. The van der Waals surface area contributed by atoms with Crippen molar-refractivity contribution in [2.75, 3.05) is 6.54 Å². The molecule has 1 heterocycles. The minimum absolute atomic E-state index is 0.126. The number of hydrogen-bond donors (Lipinski definition) is 1. The van der Waals surface area contributed by atoms with Crippen LogP contribution in [0.15, 0.2) is 30.3 Å². The highest BCUT2D eigenvalue weighted by Crippen LogP contribution is 2.44. The Balaban J connectivity index is 1.86. The fraction of sp³-hybridized carbons (Fsp3) is 0.444. The number of benzene rings is 1. The van der Waals surface area contributed by atoms with Gasteiger partial charge in [0.1, 0.15) is 5.82 Å². The van der Waals surface area contributed by atoms with E-state index in [0.717, 1.165) is 34.9 Å². The van der Waals surface area contributed by atoms with Crippen LogP contribution in [0.1, 0.15) is 42.7 Å². The molecular weight excluding hydrogens is 281 g/mol. The summed E-state index contributed by atoms with van der Waals surface area (Å²) >= 11 is 1.73. The molecule has 21 heavy (non-hydrogen) atoms. The monoisotopic (exact) mass is 303 g/mol. The maximum absolute atomic E-state index is 14.0. The number of rotatable bonds is 6. The van der Waals surface area contributed by atoms with Gasteiger partial charge in [-0.15, -0.1) is 11.3 Å². The highest BCUT2D eigenvalue weighted by atomic mass is 32.1. The van der Waals surface area contributed by atoms with E-state index in [1.807, 2.05) is 19.1 Å². The third kappa shape index (κ3) is 3.35. The fourth-order valence-corrected chi connectivity index (χ4v) is 3.92. The molecule has 0 bridgehead atoms. The van der Waals surface area contributed by atoms with Crippen molar-refractivity contribution in [3.8, 4) is 10.4 Å². The maximum Gasteiger partial charge on any atom is 0.131 e. The maximum atomic E-state index is 14.0. The fourth-order valence-electron chi connectivity index (χ4n) is 2.72. The SMILES string of the molecule is CCCNC(c1ccc(-c2cc(C)ccc2F)s1)C1CC1. The first-order chi connectivity index (χ1) is 10.2. The second-order valence-corrected chi connectivity index (χ2v) is 7.07. The zero-order valence-corrected chi connectivity index (χ0v) is 13.5. The molecule has 1 nitrogen and oxygen atoms in total. The minimum Gasteiger partial charge on any atom is -0.309 e. The first kappa shape index (κ1) is 14.7. The van der Waals surface area contributed by atoms with Gasteiger partial charge in [-0.05, 0) is 62.9 Å². The number of aryl methyl sites for hydroxylation is 1. The van der Waals surface area contributed by atoms with Gasteiger partial charge in [0.25, 0.3) is 0 Å². The molecule has 0 radical (unpaired) electrons. The summed E-state index contributed by atoms with van der Waals surface area (Å²) in [6, 6.07) is 10.0. The molecule has 0 spiro atoms. The van der Waals surface area contributed by atoms with Gasteiger partial charge in [0.2, 0.25) is 0 Å². The quantitative estimate of drug-likeness (QED) is 0.762. The van der Waals surface area contributed by atoms with Gasteiger partial charge in [0.15, 0.2) is 0 Å². The van der Waals surface area contributed by atoms with Gasteiger partial charge in [0.05, 0.1) is 0 Å². The molecule has 112 valence electrons. The molecule has 1 saturated carbocycles. The third-order valence-electron chi connectivity index (χ3n) is 4.03. The van der Waals surface area contributed by atoms with Crippen LogP contribution >= 0.6 is 11.3 Å². The normalized spacial score (nSPS) is 16.1. The lowest BCUT2D eigenvalue weighted by molar-refractivity contribution is 0.488. The Bertz CT molecular complexity index is 615. The van der Waals surface area contributed by atoms with Crippen LogP contribution < -0.4 is 5.32 Å². The molecule has 1 atom stereocenters. The van der Waals surface area contributed by atoms with Gasteiger partial charge in [-0.2, -0.15) is 0 Å². The molecule has 1 aliphatic carbocycles. The zero-order valence-electron chi connectivity index (χ0n) is 12.7. The van der Waals surface area contributed by atoms with Gasteiger partial charge >= 0.3 is 0 Å². The van der Waals surface area contributed by atoms with Gasteiger partial charge in [-0.1, -0.05) is 18.6 Å². The van der Waals surface area contributed by atoms with E-state index in [-0.39, 0.29) is 5.82 Å². The number of halogens is 1. The Hall–Kier alpha value is -1.19. The van der Waals surface area contributed by atoms with Crippen LogP contribution in [-0.2, 0) is 0 Å². The number of nitrogens with one attached hydrogen (secondary N) is 1. The van der Waals surface area contributed by atoms with Crippen molar-refractivity contribution in [2.24, 2.45) is 5.92 Å². The van der Waals surface area contributed by atoms with Crippen LogP contribution in [0.2, 0.25) is 0 Å². The molecule has 2 aromatic rings. The van der Waals surface area contributed by atoms with Crippen molar-refractivity contribution in [3.05, 3.63) is 46.6 Å². The summed E-state index contributed by atoms with van der Waals surface area (Å²) in [5, 5.41) is 3.66. The van der Waals surface area contributed by atoms with E-state index in [2.05, 4.69) is 24.4 Å². The van der Waals surface area contributed by atoms with E-state index in [1.165, 1.54) is 17.7 Å². The van der Waals surface area contributed by atoms with E-state index in [4.69, 9.17) is 0 Å². The molecule has 1 unspecified atom stereocenters. The molecular formula is C18H22FNS. The Morgan fingerprint density at radius 1 is 1.29 bits per heavy atom. The highest BCUT2D eigenvalue weighted by molar-refractivity contribution is 7.15. The predicted molar refractivity (Wildman–Crippen MR) is 88.2 cm³/mol. The molecule has 3 rings (SSSR count). The smallest absolute Gasteiger partial charge is 0.131 e. The lowest BCUT2D eigenvalue weighted by Gasteiger charge is -2.16. The molecule has 1 aliphatic rings. The van der Waals surface area contributed by atoms with E-state index >= 15 is 0 Å². The van der Waals surface area contributed by atoms with E-state index in [0.29, 0.717) is 6.04 Å². The molecule has 1 N–H and O–H groups in total. The van der Waals surface area contributed by atoms with Crippen molar-refractivity contribution in [1.29, 1.82) is 0 Å². The summed E-state index contributed by atoms with van der Waals surface area (Å²) in [5.41, 5.74) is 1.83. The summed E-state index contributed by atoms with van der Waals surface area (Å²) in [6.45, 7) is 5.25.